The summed E-state index contributed by atoms with van der Waals surface area (Å²) in [5, 5.41) is 10.4. The number of thioether (sulfide) groups is 1. The maximum absolute atomic E-state index is 12.7. The lowest BCUT2D eigenvalue weighted by Gasteiger charge is -2.20. The molecule has 30 heavy (non-hydrogen) atoms. The van der Waals surface area contributed by atoms with E-state index in [0.717, 1.165) is 9.87 Å². The van der Waals surface area contributed by atoms with Crippen molar-refractivity contribution >= 4 is 27.7 Å². The summed E-state index contributed by atoms with van der Waals surface area (Å²) in [6.45, 7) is 2.06. The van der Waals surface area contributed by atoms with Gasteiger partial charge < -0.3 is 5.32 Å². The Balaban J connectivity index is 1.46. The summed E-state index contributed by atoms with van der Waals surface area (Å²) in [5.74, 6) is 0.902. The summed E-state index contributed by atoms with van der Waals surface area (Å²) in [6, 6.07) is 17.8. The number of benzene rings is 2. The number of hydrogen-bond donors (Lipinski definition) is 2. The number of nitrogens with zero attached hydrogens (tertiary/aromatic N) is 3. The molecule has 0 aliphatic carbocycles. The first kappa shape index (κ1) is 22.0. The highest BCUT2D eigenvalue weighted by atomic mass is 32.2. The molecule has 0 saturated heterocycles. The van der Waals surface area contributed by atoms with Gasteiger partial charge in [0.15, 0.2) is 5.82 Å². The van der Waals surface area contributed by atoms with Gasteiger partial charge in [0.2, 0.25) is 21.1 Å². The Morgan fingerprint density at radius 3 is 2.43 bits per heavy atom. The molecule has 0 saturated carbocycles. The minimum Gasteiger partial charge on any atom is -0.354 e. The Bertz CT molecular complexity index is 1060. The number of likely N-dealkylation sites (N-methyl/N-ethyl adjacent to an activating group) is 1. The van der Waals surface area contributed by atoms with E-state index in [1.54, 1.807) is 25.1 Å². The van der Waals surface area contributed by atoms with E-state index in [-0.39, 0.29) is 23.9 Å². The van der Waals surface area contributed by atoms with Crippen LogP contribution < -0.4 is 5.32 Å². The number of nitrogens with one attached hydrogen (secondary N) is 2. The second-order valence-electron chi connectivity index (χ2n) is 6.28. The summed E-state index contributed by atoms with van der Waals surface area (Å²) in [6.07, 6.45) is 0. The average Bonchev–Trinajstić information content (AvgIpc) is 3.25. The van der Waals surface area contributed by atoms with E-state index in [0.29, 0.717) is 23.3 Å². The predicted molar refractivity (Wildman–Crippen MR) is 116 cm³/mol. The van der Waals surface area contributed by atoms with Crippen LogP contribution in [0, 0.1) is 0 Å². The van der Waals surface area contributed by atoms with Gasteiger partial charge in [0.1, 0.15) is 0 Å². The first-order chi connectivity index (χ1) is 14.5. The molecule has 1 heterocycles. The number of carbonyl (C=O) groups is 1. The molecule has 2 aromatic carbocycles. The Labute approximate surface area is 180 Å². The molecule has 10 heteroatoms. The zero-order valence-corrected chi connectivity index (χ0v) is 18.1. The van der Waals surface area contributed by atoms with Crippen LogP contribution in [-0.2, 0) is 14.8 Å². The molecular formula is C20H23N5O3S2. The lowest BCUT2D eigenvalue weighted by molar-refractivity contribution is -0.121. The molecule has 1 aromatic heterocycles. The van der Waals surface area contributed by atoms with Gasteiger partial charge in [-0.15, -0.1) is 5.10 Å². The van der Waals surface area contributed by atoms with Gasteiger partial charge in [0, 0.05) is 24.4 Å². The van der Waals surface area contributed by atoms with Gasteiger partial charge >= 0.3 is 0 Å². The van der Waals surface area contributed by atoms with Crippen LogP contribution in [0.5, 0.6) is 0 Å². The van der Waals surface area contributed by atoms with Crippen molar-refractivity contribution in [2.75, 3.05) is 25.4 Å². The molecule has 0 aliphatic heterocycles. The highest BCUT2D eigenvalue weighted by Crippen LogP contribution is 2.18. The maximum atomic E-state index is 12.7. The molecule has 158 valence electrons. The Morgan fingerprint density at radius 2 is 1.77 bits per heavy atom. The van der Waals surface area contributed by atoms with E-state index < -0.39 is 10.0 Å². The van der Waals surface area contributed by atoms with E-state index in [4.69, 9.17) is 0 Å². The third-order valence-electron chi connectivity index (χ3n) is 4.22. The number of H-pyrrole nitrogens is 1. The highest BCUT2D eigenvalue weighted by molar-refractivity contribution is 7.99. The predicted octanol–water partition coefficient (Wildman–Crippen LogP) is 2.39. The number of aromatic nitrogens is 3. The van der Waals surface area contributed by atoms with E-state index >= 15 is 0 Å². The van der Waals surface area contributed by atoms with Crippen molar-refractivity contribution in [3.63, 3.8) is 0 Å². The second-order valence-corrected chi connectivity index (χ2v) is 9.28. The number of amides is 1. The fourth-order valence-electron chi connectivity index (χ4n) is 2.69. The minimum absolute atomic E-state index is 0.175. The average molecular weight is 446 g/mol. The standard InChI is InChI=1S/C20H23N5O3S2/c1-2-25(30(27,28)17-11-7-4-8-12-17)15-18(26)21-13-14-29-20-22-19(23-24-20)16-9-5-3-6-10-16/h3-12H,2,13-15H2,1H3,(H,21,26)(H,22,23,24). The summed E-state index contributed by atoms with van der Waals surface area (Å²) in [5.41, 5.74) is 0.949. The molecule has 0 spiro atoms. The molecule has 2 N–H and O–H groups in total. The summed E-state index contributed by atoms with van der Waals surface area (Å²) in [7, 11) is -3.70. The number of hydrogen-bond acceptors (Lipinski definition) is 6. The summed E-state index contributed by atoms with van der Waals surface area (Å²) < 4.78 is 26.5. The molecule has 0 unspecified atom stereocenters. The van der Waals surface area contributed by atoms with Crippen LogP contribution in [0.2, 0.25) is 0 Å². The van der Waals surface area contributed by atoms with E-state index in [1.807, 2.05) is 30.3 Å². The normalized spacial score (nSPS) is 11.5. The third kappa shape index (κ3) is 5.68. The van der Waals surface area contributed by atoms with Gasteiger partial charge in [-0.25, -0.2) is 13.4 Å². The summed E-state index contributed by atoms with van der Waals surface area (Å²) in [4.78, 5) is 16.8. The Kier molecular flexibility index (Phi) is 7.61. The molecule has 0 bridgehead atoms. The van der Waals surface area contributed by atoms with Gasteiger partial charge in [-0.2, -0.15) is 4.31 Å². The fourth-order valence-corrected chi connectivity index (χ4v) is 4.77. The van der Waals surface area contributed by atoms with Gasteiger partial charge in [-0.1, -0.05) is 67.2 Å². The molecule has 0 atom stereocenters. The van der Waals surface area contributed by atoms with Crippen molar-refractivity contribution in [2.24, 2.45) is 0 Å². The zero-order valence-electron chi connectivity index (χ0n) is 16.5. The molecular weight excluding hydrogens is 422 g/mol. The zero-order chi connectivity index (χ0) is 21.4. The molecule has 3 aromatic rings. The second kappa shape index (κ2) is 10.4. The van der Waals surface area contributed by atoms with Gasteiger partial charge in [0.25, 0.3) is 0 Å². The van der Waals surface area contributed by atoms with Gasteiger partial charge in [0.05, 0.1) is 11.4 Å². The van der Waals surface area contributed by atoms with Crippen molar-refractivity contribution < 1.29 is 13.2 Å². The molecule has 1 amide bonds. The lowest BCUT2D eigenvalue weighted by atomic mass is 10.2. The number of rotatable bonds is 10. The highest BCUT2D eigenvalue weighted by Gasteiger charge is 2.24. The Morgan fingerprint density at radius 1 is 1.10 bits per heavy atom. The van der Waals surface area contributed by atoms with Crippen LogP contribution in [0.15, 0.2) is 70.7 Å². The smallest absolute Gasteiger partial charge is 0.243 e. The molecule has 0 aliphatic rings. The first-order valence-electron chi connectivity index (χ1n) is 9.43. The minimum atomic E-state index is -3.70. The van der Waals surface area contributed by atoms with Crippen LogP contribution in [0.4, 0.5) is 0 Å². The largest absolute Gasteiger partial charge is 0.354 e. The van der Waals surface area contributed by atoms with E-state index in [2.05, 4.69) is 20.5 Å². The quantitative estimate of drug-likeness (QED) is 0.366. The van der Waals surface area contributed by atoms with Gasteiger partial charge in [-0.05, 0) is 12.1 Å². The lowest BCUT2D eigenvalue weighted by Crippen LogP contribution is -2.41. The molecule has 3 rings (SSSR count). The number of aromatic amines is 1. The molecule has 0 fully saturated rings. The number of sulfonamides is 1. The maximum Gasteiger partial charge on any atom is 0.243 e. The van der Waals surface area contributed by atoms with Crippen LogP contribution in [-0.4, -0.2) is 59.2 Å². The molecule has 8 nitrogen and oxygen atoms in total. The summed E-state index contributed by atoms with van der Waals surface area (Å²) >= 11 is 1.40. The van der Waals surface area contributed by atoms with Crippen LogP contribution >= 0.6 is 11.8 Å². The van der Waals surface area contributed by atoms with Crippen LogP contribution in [0.1, 0.15) is 6.92 Å². The topological polar surface area (TPSA) is 108 Å². The SMILES string of the molecule is CCN(CC(=O)NCCSc1n[nH]c(-c2ccccc2)n1)S(=O)(=O)c1ccccc1. The third-order valence-corrected chi connectivity index (χ3v) is 7.01. The van der Waals surface area contributed by atoms with Crippen molar-refractivity contribution in [1.29, 1.82) is 0 Å². The monoisotopic (exact) mass is 445 g/mol. The van der Waals surface area contributed by atoms with Crippen molar-refractivity contribution in [1.82, 2.24) is 24.8 Å². The Hall–Kier alpha value is -2.69. The van der Waals surface area contributed by atoms with Crippen LogP contribution in [0.3, 0.4) is 0 Å². The fraction of sp³-hybridized carbons (Fsp3) is 0.250. The molecule has 0 radical (unpaired) electrons. The van der Waals surface area contributed by atoms with Crippen molar-refractivity contribution in [2.45, 2.75) is 17.0 Å². The van der Waals surface area contributed by atoms with Crippen molar-refractivity contribution in [3.05, 3.63) is 60.7 Å². The number of carbonyl (C=O) groups excluding carboxylic acids is 1. The van der Waals surface area contributed by atoms with E-state index in [1.165, 1.54) is 23.9 Å². The van der Waals surface area contributed by atoms with Gasteiger partial charge in [-0.3, -0.25) is 9.89 Å². The van der Waals surface area contributed by atoms with E-state index in [9.17, 15) is 13.2 Å². The first-order valence-corrected chi connectivity index (χ1v) is 11.9. The van der Waals surface area contributed by atoms with Crippen molar-refractivity contribution in [3.8, 4) is 11.4 Å². The van der Waals surface area contributed by atoms with Crippen LogP contribution in [0.25, 0.3) is 11.4 Å².